The predicted molar refractivity (Wildman–Crippen MR) is 154 cm³/mol. The highest BCUT2D eigenvalue weighted by Crippen LogP contribution is 2.53. The summed E-state index contributed by atoms with van der Waals surface area (Å²) in [6.45, 7) is -0.192. The lowest BCUT2D eigenvalue weighted by Crippen LogP contribution is -2.34. The highest BCUT2D eigenvalue weighted by Gasteiger charge is 2.39. The molecule has 0 aliphatic carbocycles. The van der Waals surface area contributed by atoms with E-state index in [-0.39, 0.29) is 19.6 Å². The molecule has 4 rings (SSSR count). The van der Waals surface area contributed by atoms with Gasteiger partial charge in [0.05, 0.1) is 39.7 Å². The first-order chi connectivity index (χ1) is 20.1. The molecule has 15 heteroatoms. The van der Waals surface area contributed by atoms with Gasteiger partial charge in [-0.3, -0.25) is 23.4 Å². The third kappa shape index (κ3) is 7.05. The third-order valence-corrected chi connectivity index (χ3v) is 9.20. The summed E-state index contributed by atoms with van der Waals surface area (Å²) < 4.78 is 59.0. The number of alkyl halides is 1. The van der Waals surface area contributed by atoms with Crippen LogP contribution in [-0.4, -0.2) is 71.8 Å². The van der Waals surface area contributed by atoms with Crippen molar-refractivity contribution in [3.05, 3.63) is 68.7 Å². The van der Waals surface area contributed by atoms with Crippen molar-refractivity contribution in [1.29, 1.82) is 0 Å². The normalized spacial score (nSPS) is 20.2. The van der Waals surface area contributed by atoms with Crippen LogP contribution in [0.2, 0.25) is 0 Å². The zero-order chi connectivity index (χ0) is 30.4. The minimum atomic E-state index is -4.00. The number of aromatic nitrogens is 2. The van der Waals surface area contributed by atoms with Crippen LogP contribution in [-0.2, 0) is 25.0 Å². The molecule has 12 nitrogen and oxygen atoms in total. The Bertz CT molecular complexity index is 1550. The van der Waals surface area contributed by atoms with E-state index in [9.17, 15) is 23.7 Å². The van der Waals surface area contributed by atoms with E-state index < -0.39 is 43.2 Å². The molecule has 4 atom stereocenters. The molecule has 0 spiro atoms. The van der Waals surface area contributed by atoms with Crippen molar-refractivity contribution in [2.24, 2.45) is 0 Å². The van der Waals surface area contributed by atoms with Crippen molar-refractivity contribution < 1.29 is 37.3 Å². The number of methoxy groups -OCH3 is 2. The molecule has 0 bridgehead atoms. The highest BCUT2D eigenvalue weighted by atomic mass is 35.5. The number of unbranched alkanes of at least 4 members (excludes halogenated alkanes) is 1. The summed E-state index contributed by atoms with van der Waals surface area (Å²) in [6, 6.07) is 9.27. The average molecular weight is 630 g/mol. The van der Waals surface area contributed by atoms with Crippen LogP contribution in [0.3, 0.4) is 0 Å². The molecule has 1 fully saturated rings. The lowest BCUT2D eigenvalue weighted by Gasteiger charge is -2.28. The maximum Gasteiger partial charge on any atom is 0.408 e. The standard InChI is InChI=1S/C27H34ClFN3O9P/c1-31(11-7-6-10-28)42(36,39-15-17-12-22(37-2)18-8-4-5-9-19(18)25(17)38-3)40-16-23-21(33)13-24(41-23)32-14-20(29)26(34)30-27(32)35/h4-5,8-9,12,14,21,23-24,33H,6-7,10-11,13,15-16H2,1-3H3,(H,30,34,35). The second-order valence-corrected chi connectivity index (χ2v) is 12.2. The maximum absolute atomic E-state index is 14.1. The number of aromatic amines is 1. The third-order valence-electron chi connectivity index (χ3n) is 6.97. The number of nitrogens with one attached hydrogen (secondary N) is 1. The Balaban J connectivity index is 1.54. The number of benzene rings is 2. The van der Waals surface area contributed by atoms with Crippen LogP contribution in [0.1, 0.15) is 31.1 Å². The van der Waals surface area contributed by atoms with E-state index in [1.807, 2.05) is 29.2 Å². The number of hydrogen-bond acceptors (Lipinski definition) is 9. The minimum absolute atomic E-state index is 0.0930. The molecule has 2 heterocycles. The lowest BCUT2D eigenvalue weighted by atomic mass is 10.0. The van der Waals surface area contributed by atoms with Crippen LogP contribution in [0.15, 0.2) is 46.1 Å². The fourth-order valence-electron chi connectivity index (χ4n) is 4.71. The Morgan fingerprint density at radius 1 is 1.19 bits per heavy atom. The highest BCUT2D eigenvalue weighted by molar-refractivity contribution is 7.51. The molecule has 2 aromatic carbocycles. The molecule has 1 aliphatic rings. The summed E-state index contributed by atoms with van der Waals surface area (Å²) in [5, 5.41) is 12.2. The van der Waals surface area contributed by atoms with Gasteiger partial charge in [0.25, 0.3) is 5.56 Å². The zero-order valence-corrected chi connectivity index (χ0v) is 25.1. The molecule has 1 saturated heterocycles. The van der Waals surface area contributed by atoms with Crippen molar-refractivity contribution in [2.75, 3.05) is 40.3 Å². The first kappa shape index (κ1) is 32.2. The molecular formula is C27H34ClFN3O9P. The van der Waals surface area contributed by atoms with Gasteiger partial charge >= 0.3 is 13.4 Å². The lowest BCUT2D eigenvalue weighted by molar-refractivity contribution is -0.0457. The van der Waals surface area contributed by atoms with E-state index in [0.29, 0.717) is 48.5 Å². The van der Waals surface area contributed by atoms with Crippen LogP contribution in [0.4, 0.5) is 4.39 Å². The number of halogens is 2. The van der Waals surface area contributed by atoms with Gasteiger partial charge < -0.3 is 19.3 Å². The van der Waals surface area contributed by atoms with Gasteiger partial charge in [-0.05, 0) is 26.0 Å². The maximum atomic E-state index is 14.1. The van der Waals surface area contributed by atoms with Gasteiger partial charge in [-0.25, -0.2) is 14.0 Å². The summed E-state index contributed by atoms with van der Waals surface area (Å²) in [6.07, 6.45) is -1.33. The van der Waals surface area contributed by atoms with E-state index in [2.05, 4.69) is 0 Å². The van der Waals surface area contributed by atoms with Gasteiger partial charge in [-0.1, -0.05) is 24.3 Å². The Morgan fingerprint density at radius 3 is 2.62 bits per heavy atom. The topological polar surface area (TPSA) is 142 Å². The van der Waals surface area contributed by atoms with Crippen LogP contribution < -0.4 is 20.7 Å². The molecule has 42 heavy (non-hydrogen) atoms. The molecule has 4 unspecified atom stereocenters. The number of nitrogens with zero attached hydrogens (tertiary/aromatic N) is 2. The number of fused-ring (bicyclic) bond motifs is 1. The number of H-pyrrole nitrogens is 1. The van der Waals surface area contributed by atoms with E-state index in [0.717, 1.165) is 15.3 Å². The van der Waals surface area contributed by atoms with E-state index in [1.54, 1.807) is 20.2 Å². The van der Waals surface area contributed by atoms with Crippen LogP contribution >= 0.6 is 19.3 Å². The van der Waals surface area contributed by atoms with Crippen molar-refractivity contribution in [3.8, 4) is 11.5 Å². The SMILES string of the molecule is COc1cc(COP(=O)(OCC2OC(n3cc(F)c(=O)[nH]c3=O)CC2O)N(C)CCCCCl)c(OC)c2ccccc12. The van der Waals surface area contributed by atoms with Gasteiger partial charge in [-0.15, -0.1) is 11.6 Å². The summed E-state index contributed by atoms with van der Waals surface area (Å²) in [5.74, 6) is 0.365. The summed E-state index contributed by atoms with van der Waals surface area (Å²) in [7, 11) is 0.667. The van der Waals surface area contributed by atoms with Gasteiger partial charge in [0, 0.05) is 35.2 Å². The number of ether oxygens (including phenoxy) is 3. The number of hydrogen-bond donors (Lipinski definition) is 2. The average Bonchev–Trinajstić information content (AvgIpc) is 3.36. The van der Waals surface area contributed by atoms with Crippen molar-refractivity contribution >= 4 is 30.1 Å². The fourth-order valence-corrected chi connectivity index (χ4v) is 6.39. The number of rotatable bonds is 14. The molecular weight excluding hydrogens is 596 g/mol. The van der Waals surface area contributed by atoms with E-state index in [4.69, 9.17) is 34.9 Å². The van der Waals surface area contributed by atoms with Crippen LogP contribution in [0.5, 0.6) is 11.5 Å². The number of aliphatic hydroxyl groups excluding tert-OH is 1. The first-order valence-corrected chi connectivity index (χ1v) is 15.3. The smallest absolute Gasteiger partial charge is 0.408 e. The minimum Gasteiger partial charge on any atom is -0.496 e. The van der Waals surface area contributed by atoms with Crippen LogP contribution in [0, 0.1) is 5.82 Å². The molecule has 2 N–H and O–H groups in total. The van der Waals surface area contributed by atoms with Gasteiger partial charge in [0.1, 0.15) is 23.8 Å². The van der Waals surface area contributed by atoms with Crippen molar-refractivity contribution in [2.45, 2.75) is 44.3 Å². The van der Waals surface area contributed by atoms with E-state index in [1.165, 1.54) is 11.8 Å². The Hall–Kier alpha value is -2.77. The van der Waals surface area contributed by atoms with Crippen LogP contribution in [0.25, 0.3) is 10.8 Å². The van der Waals surface area contributed by atoms with E-state index >= 15 is 0 Å². The Morgan fingerprint density at radius 2 is 1.93 bits per heavy atom. The monoisotopic (exact) mass is 629 g/mol. The molecule has 1 aliphatic heterocycles. The Kier molecular flexibility index (Phi) is 10.8. The van der Waals surface area contributed by atoms with Crippen molar-refractivity contribution in [3.63, 3.8) is 0 Å². The predicted octanol–water partition coefficient (Wildman–Crippen LogP) is 3.79. The van der Waals surface area contributed by atoms with Gasteiger partial charge in [0.2, 0.25) is 5.82 Å². The second-order valence-electron chi connectivity index (χ2n) is 9.71. The summed E-state index contributed by atoms with van der Waals surface area (Å²) >= 11 is 5.82. The van der Waals surface area contributed by atoms with Gasteiger partial charge in [-0.2, -0.15) is 4.39 Å². The molecule has 3 aromatic rings. The molecule has 0 saturated carbocycles. The quantitative estimate of drug-likeness (QED) is 0.154. The molecule has 0 radical (unpaired) electrons. The summed E-state index contributed by atoms with van der Waals surface area (Å²) in [5.41, 5.74) is -1.48. The Labute approximate surface area is 246 Å². The number of aliphatic hydroxyl groups is 1. The molecule has 1 aromatic heterocycles. The summed E-state index contributed by atoms with van der Waals surface area (Å²) in [4.78, 5) is 25.4. The first-order valence-electron chi connectivity index (χ1n) is 13.3. The van der Waals surface area contributed by atoms with Gasteiger partial charge in [0.15, 0.2) is 0 Å². The largest absolute Gasteiger partial charge is 0.496 e. The second kappa shape index (κ2) is 14.1. The molecule has 0 amide bonds. The molecule has 230 valence electrons. The van der Waals surface area contributed by atoms with Crippen molar-refractivity contribution in [1.82, 2.24) is 14.2 Å². The fraction of sp³-hybridized carbons (Fsp3) is 0.481. The zero-order valence-electron chi connectivity index (χ0n) is 23.5.